The van der Waals surface area contributed by atoms with Gasteiger partial charge in [-0.15, -0.1) is 0 Å². The van der Waals surface area contributed by atoms with Crippen LogP contribution in [0, 0.1) is 6.92 Å². The van der Waals surface area contributed by atoms with Crippen molar-refractivity contribution < 1.29 is 23.1 Å². The molecule has 0 saturated carbocycles. The summed E-state index contributed by atoms with van der Waals surface area (Å²) in [6.07, 6.45) is 0. The maximum absolute atomic E-state index is 11.4. The number of carboxylic acid groups (broad SMARTS) is 1. The molecule has 1 aromatic rings. The zero-order valence-electron chi connectivity index (χ0n) is 10.8. The second-order valence-electron chi connectivity index (χ2n) is 4.30. The van der Waals surface area contributed by atoms with Crippen LogP contribution in [0.4, 0.5) is 0 Å². The van der Waals surface area contributed by atoms with Crippen molar-refractivity contribution in [2.24, 2.45) is 0 Å². The van der Waals surface area contributed by atoms with Crippen LogP contribution in [0.5, 0.6) is 5.75 Å². The zero-order chi connectivity index (χ0) is 14.5. The number of hydrogen-bond donors (Lipinski definition) is 2. The number of sulfonamides is 1. The SMILES string of the molecule is Cc1ccc(OCC(C)NS(=O)(=O)CC(=O)O)cc1. The van der Waals surface area contributed by atoms with Gasteiger partial charge in [0, 0.05) is 0 Å². The van der Waals surface area contributed by atoms with Gasteiger partial charge in [-0.1, -0.05) is 17.7 Å². The van der Waals surface area contributed by atoms with Crippen LogP contribution >= 0.6 is 0 Å². The molecule has 0 radical (unpaired) electrons. The quantitative estimate of drug-likeness (QED) is 0.772. The first-order chi connectivity index (χ1) is 8.78. The summed E-state index contributed by atoms with van der Waals surface area (Å²) in [5, 5.41) is 8.45. The molecule has 6 nitrogen and oxygen atoms in total. The van der Waals surface area contributed by atoms with Gasteiger partial charge in [-0.05, 0) is 26.0 Å². The maximum atomic E-state index is 11.4. The lowest BCUT2D eigenvalue weighted by atomic mass is 10.2. The molecule has 1 unspecified atom stereocenters. The Hall–Kier alpha value is -1.60. The van der Waals surface area contributed by atoms with Gasteiger partial charge in [0.1, 0.15) is 12.4 Å². The third-order valence-corrected chi connectivity index (χ3v) is 3.60. The summed E-state index contributed by atoms with van der Waals surface area (Å²) in [5.41, 5.74) is 1.10. The van der Waals surface area contributed by atoms with E-state index in [9.17, 15) is 13.2 Å². The van der Waals surface area contributed by atoms with Crippen LogP contribution in [0.1, 0.15) is 12.5 Å². The third-order valence-electron chi connectivity index (χ3n) is 2.22. The largest absolute Gasteiger partial charge is 0.492 e. The summed E-state index contributed by atoms with van der Waals surface area (Å²) in [6, 6.07) is 6.83. The van der Waals surface area contributed by atoms with E-state index in [0.29, 0.717) is 5.75 Å². The standard InChI is InChI=1S/C12H17NO5S/c1-9-3-5-11(6-4-9)18-7-10(2)13-19(16,17)8-12(14)15/h3-6,10,13H,7-8H2,1-2H3,(H,14,15). The van der Waals surface area contributed by atoms with Crippen molar-refractivity contribution in [1.82, 2.24) is 4.72 Å². The minimum Gasteiger partial charge on any atom is -0.492 e. The molecule has 0 saturated heterocycles. The number of aliphatic carboxylic acids is 1. The van der Waals surface area contributed by atoms with Gasteiger partial charge >= 0.3 is 5.97 Å². The molecule has 7 heteroatoms. The zero-order valence-corrected chi connectivity index (χ0v) is 11.6. The summed E-state index contributed by atoms with van der Waals surface area (Å²) in [6.45, 7) is 3.68. The normalized spacial score (nSPS) is 12.9. The van der Waals surface area contributed by atoms with E-state index >= 15 is 0 Å². The lowest BCUT2D eigenvalue weighted by Gasteiger charge is -2.14. The first kappa shape index (κ1) is 15.5. The lowest BCUT2D eigenvalue weighted by molar-refractivity contribution is -0.134. The van der Waals surface area contributed by atoms with Gasteiger partial charge in [-0.3, -0.25) is 4.79 Å². The minimum absolute atomic E-state index is 0.127. The molecule has 0 aliphatic carbocycles. The van der Waals surface area contributed by atoms with Gasteiger partial charge in [-0.2, -0.15) is 0 Å². The van der Waals surface area contributed by atoms with Crippen molar-refractivity contribution in [2.45, 2.75) is 19.9 Å². The lowest BCUT2D eigenvalue weighted by Crippen LogP contribution is -2.39. The minimum atomic E-state index is -3.82. The van der Waals surface area contributed by atoms with E-state index in [1.165, 1.54) is 0 Å². The van der Waals surface area contributed by atoms with Gasteiger partial charge in [0.25, 0.3) is 0 Å². The summed E-state index contributed by atoms with van der Waals surface area (Å²) < 4.78 is 30.4. The maximum Gasteiger partial charge on any atom is 0.320 e. The summed E-state index contributed by atoms with van der Waals surface area (Å²) in [7, 11) is -3.82. The Bertz CT molecular complexity index is 524. The second-order valence-corrected chi connectivity index (χ2v) is 6.05. The molecule has 0 bridgehead atoms. The van der Waals surface area contributed by atoms with E-state index in [1.807, 2.05) is 19.1 Å². The number of rotatable bonds is 7. The predicted molar refractivity (Wildman–Crippen MR) is 70.7 cm³/mol. The Morgan fingerprint density at radius 3 is 2.47 bits per heavy atom. The van der Waals surface area contributed by atoms with E-state index < -0.39 is 27.8 Å². The van der Waals surface area contributed by atoms with E-state index in [-0.39, 0.29) is 6.61 Å². The topological polar surface area (TPSA) is 92.7 Å². The molecular weight excluding hydrogens is 270 g/mol. The number of hydrogen-bond acceptors (Lipinski definition) is 4. The van der Waals surface area contributed by atoms with Crippen molar-refractivity contribution in [2.75, 3.05) is 12.4 Å². The highest BCUT2D eigenvalue weighted by Crippen LogP contribution is 2.11. The predicted octanol–water partition coefficient (Wildman–Crippen LogP) is 0.766. The number of nitrogens with one attached hydrogen (secondary N) is 1. The van der Waals surface area contributed by atoms with Gasteiger partial charge in [-0.25, -0.2) is 13.1 Å². The summed E-state index contributed by atoms with van der Waals surface area (Å²) in [4.78, 5) is 10.4. The average molecular weight is 287 g/mol. The fourth-order valence-corrected chi connectivity index (χ4v) is 2.49. The molecule has 1 rings (SSSR count). The molecule has 0 aliphatic rings. The Kier molecular flexibility index (Phi) is 5.31. The van der Waals surface area contributed by atoms with Crippen molar-refractivity contribution in [3.05, 3.63) is 29.8 Å². The highest BCUT2D eigenvalue weighted by molar-refractivity contribution is 7.90. The van der Waals surface area contributed by atoms with Crippen LogP contribution < -0.4 is 9.46 Å². The first-order valence-electron chi connectivity index (χ1n) is 5.70. The highest BCUT2D eigenvalue weighted by atomic mass is 32.2. The van der Waals surface area contributed by atoms with Gasteiger partial charge < -0.3 is 9.84 Å². The fraction of sp³-hybridized carbons (Fsp3) is 0.417. The van der Waals surface area contributed by atoms with E-state index in [4.69, 9.17) is 9.84 Å². The summed E-state index contributed by atoms with van der Waals surface area (Å²) in [5.74, 6) is -1.70. The smallest absolute Gasteiger partial charge is 0.320 e. The van der Waals surface area contributed by atoms with Crippen LogP contribution in [0.2, 0.25) is 0 Å². The molecule has 2 N–H and O–H groups in total. The molecule has 0 aromatic heterocycles. The van der Waals surface area contributed by atoms with Crippen molar-refractivity contribution in [3.63, 3.8) is 0 Å². The van der Waals surface area contributed by atoms with Crippen LogP contribution in [0.3, 0.4) is 0 Å². The van der Waals surface area contributed by atoms with E-state index in [0.717, 1.165) is 5.56 Å². The molecule has 106 valence electrons. The Morgan fingerprint density at radius 2 is 1.95 bits per heavy atom. The molecule has 0 heterocycles. The van der Waals surface area contributed by atoms with Crippen LogP contribution in [0.15, 0.2) is 24.3 Å². The average Bonchev–Trinajstić information content (AvgIpc) is 2.25. The highest BCUT2D eigenvalue weighted by Gasteiger charge is 2.18. The van der Waals surface area contributed by atoms with Crippen LogP contribution in [0.25, 0.3) is 0 Å². The van der Waals surface area contributed by atoms with Gasteiger partial charge in [0.2, 0.25) is 10.0 Å². The monoisotopic (exact) mass is 287 g/mol. The molecule has 0 spiro atoms. The second kappa shape index (κ2) is 6.53. The number of carboxylic acids is 1. The third kappa shape index (κ3) is 6.21. The molecule has 0 aliphatic heterocycles. The van der Waals surface area contributed by atoms with Crippen molar-refractivity contribution in [1.29, 1.82) is 0 Å². The van der Waals surface area contributed by atoms with Crippen molar-refractivity contribution >= 4 is 16.0 Å². The molecular formula is C12H17NO5S. The Morgan fingerprint density at radius 1 is 1.37 bits per heavy atom. The Labute approximate surface area is 112 Å². The number of aryl methyl sites for hydroxylation is 1. The van der Waals surface area contributed by atoms with Gasteiger partial charge in [0.15, 0.2) is 5.75 Å². The molecule has 0 fully saturated rings. The fourth-order valence-electron chi connectivity index (χ4n) is 1.40. The summed E-state index contributed by atoms with van der Waals surface area (Å²) >= 11 is 0. The van der Waals surface area contributed by atoms with E-state index in [2.05, 4.69) is 4.72 Å². The number of ether oxygens (including phenoxy) is 1. The molecule has 19 heavy (non-hydrogen) atoms. The van der Waals surface area contributed by atoms with Crippen molar-refractivity contribution in [3.8, 4) is 5.75 Å². The van der Waals surface area contributed by atoms with Gasteiger partial charge in [0.05, 0.1) is 6.04 Å². The number of carbonyl (C=O) groups is 1. The van der Waals surface area contributed by atoms with Crippen LogP contribution in [-0.2, 0) is 14.8 Å². The molecule has 1 aromatic carbocycles. The van der Waals surface area contributed by atoms with E-state index in [1.54, 1.807) is 19.1 Å². The van der Waals surface area contributed by atoms with Crippen LogP contribution in [-0.4, -0.2) is 37.9 Å². The molecule has 0 amide bonds. The first-order valence-corrected chi connectivity index (χ1v) is 7.35. The Balaban J connectivity index is 2.45. The molecule has 1 atom stereocenters. The number of benzene rings is 1.